The van der Waals surface area contributed by atoms with Crippen molar-refractivity contribution >= 4 is 22.4 Å². The third kappa shape index (κ3) is 4.65. The Kier molecular flexibility index (Phi) is 7.84. The van der Waals surface area contributed by atoms with Crippen molar-refractivity contribution < 1.29 is 8.42 Å². The summed E-state index contributed by atoms with van der Waals surface area (Å²) in [7, 11) is -3.42. The lowest BCUT2D eigenvalue weighted by atomic mass is 9.96. The third-order valence-corrected chi connectivity index (χ3v) is 6.95. The normalized spacial score (nSPS) is 13.1. The van der Waals surface area contributed by atoms with Gasteiger partial charge in [0.1, 0.15) is 4.75 Å². The van der Waals surface area contributed by atoms with Crippen molar-refractivity contribution in [3.63, 3.8) is 0 Å². The van der Waals surface area contributed by atoms with Crippen LogP contribution in [0.15, 0.2) is 48.5 Å². The van der Waals surface area contributed by atoms with Gasteiger partial charge in [-0.2, -0.15) is 0 Å². The van der Waals surface area contributed by atoms with E-state index in [1.54, 1.807) is 20.8 Å². The Morgan fingerprint density at radius 2 is 1.42 bits per heavy atom. The van der Waals surface area contributed by atoms with Gasteiger partial charge in [0, 0.05) is 12.6 Å². The van der Waals surface area contributed by atoms with E-state index in [0.717, 1.165) is 28.7 Å². The second-order valence-corrected chi connectivity index (χ2v) is 9.04. The highest BCUT2D eigenvalue weighted by Gasteiger charge is 2.35. The Balaban J connectivity index is 0.00000338. The van der Waals surface area contributed by atoms with Gasteiger partial charge in [0.2, 0.25) is 10.0 Å². The molecule has 0 saturated carbocycles. The van der Waals surface area contributed by atoms with Crippen LogP contribution in [0.25, 0.3) is 11.1 Å². The molecule has 2 aromatic rings. The molecule has 0 fully saturated rings. The van der Waals surface area contributed by atoms with E-state index in [-0.39, 0.29) is 18.4 Å². The monoisotopic (exact) mass is 396 g/mol. The molecule has 0 aromatic heterocycles. The van der Waals surface area contributed by atoms with Gasteiger partial charge in [0.15, 0.2) is 0 Å². The summed E-state index contributed by atoms with van der Waals surface area (Å²) in [6, 6.07) is 16.0. The molecule has 0 heterocycles. The molecule has 0 radical (unpaired) electrons. The van der Waals surface area contributed by atoms with Gasteiger partial charge in [-0.3, -0.25) is 0 Å². The minimum Gasteiger partial charge on any atom is -0.324 e. The first-order valence-corrected chi connectivity index (χ1v) is 10.2. The molecular weight excluding hydrogens is 368 g/mol. The average Bonchev–Trinajstić information content (AvgIpc) is 2.61. The molecule has 26 heavy (non-hydrogen) atoms. The highest BCUT2D eigenvalue weighted by molar-refractivity contribution is 7.90. The van der Waals surface area contributed by atoms with E-state index in [1.807, 2.05) is 24.3 Å². The summed E-state index contributed by atoms with van der Waals surface area (Å²) in [6.45, 7) is 7.68. The predicted octanol–water partition coefficient (Wildman–Crippen LogP) is 4.36. The van der Waals surface area contributed by atoms with Gasteiger partial charge in [-0.15, -0.1) is 12.4 Å². The molecule has 0 aliphatic heterocycles. The van der Waals surface area contributed by atoms with Crippen molar-refractivity contribution in [3.05, 3.63) is 59.7 Å². The van der Waals surface area contributed by atoms with Gasteiger partial charge in [0.05, 0.1) is 0 Å². The zero-order valence-electron chi connectivity index (χ0n) is 15.8. The molecule has 0 amide bonds. The first-order valence-electron chi connectivity index (χ1n) is 8.68. The molecule has 6 heteroatoms. The number of nitrogens with one attached hydrogen (secondary N) is 1. The van der Waals surface area contributed by atoms with Gasteiger partial charge in [0.25, 0.3) is 0 Å². The number of rotatable bonds is 7. The molecule has 2 rings (SSSR count). The molecule has 144 valence electrons. The average molecular weight is 397 g/mol. The molecule has 1 atom stereocenters. The van der Waals surface area contributed by atoms with E-state index in [0.29, 0.717) is 6.54 Å². The SMILES string of the molecule is CCNS(=O)(=O)C(C)(C)c1ccc(-c2ccc(C(N)CC)cc2)cc1.Cl. The Labute approximate surface area is 163 Å². The Morgan fingerprint density at radius 3 is 1.85 bits per heavy atom. The highest BCUT2D eigenvalue weighted by atomic mass is 35.5. The van der Waals surface area contributed by atoms with Gasteiger partial charge >= 0.3 is 0 Å². The fourth-order valence-corrected chi connectivity index (χ4v) is 3.94. The molecule has 0 bridgehead atoms. The fraction of sp³-hybridized carbons (Fsp3) is 0.400. The van der Waals surface area contributed by atoms with Crippen LogP contribution < -0.4 is 10.5 Å². The maximum Gasteiger partial charge on any atom is 0.220 e. The summed E-state index contributed by atoms with van der Waals surface area (Å²) in [6.07, 6.45) is 0.906. The summed E-state index contributed by atoms with van der Waals surface area (Å²) in [5, 5.41) is 0. The Bertz CT molecular complexity index is 801. The van der Waals surface area contributed by atoms with E-state index in [1.165, 1.54) is 0 Å². The largest absolute Gasteiger partial charge is 0.324 e. The second kappa shape index (κ2) is 9.00. The summed E-state index contributed by atoms with van der Waals surface area (Å²) < 4.78 is 26.4. The van der Waals surface area contributed by atoms with E-state index < -0.39 is 14.8 Å². The van der Waals surface area contributed by atoms with Crippen LogP contribution >= 0.6 is 12.4 Å². The van der Waals surface area contributed by atoms with Crippen molar-refractivity contribution in [1.29, 1.82) is 0 Å². The molecule has 0 aliphatic carbocycles. The summed E-state index contributed by atoms with van der Waals surface area (Å²) in [5.74, 6) is 0. The minimum absolute atomic E-state index is 0. The van der Waals surface area contributed by atoms with Gasteiger partial charge in [-0.1, -0.05) is 62.4 Å². The Morgan fingerprint density at radius 1 is 0.962 bits per heavy atom. The van der Waals surface area contributed by atoms with Crippen LogP contribution in [-0.4, -0.2) is 15.0 Å². The zero-order valence-corrected chi connectivity index (χ0v) is 17.5. The molecule has 4 nitrogen and oxygen atoms in total. The molecular formula is C20H29ClN2O2S. The smallest absolute Gasteiger partial charge is 0.220 e. The quantitative estimate of drug-likeness (QED) is 0.730. The topological polar surface area (TPSA) is 72.2 Å². The van der Waals surface area contributed by atoms with Crippen molar-refractivity contribution in [3.8, 4) is 11.1 Å². The van der Waals surface area contributed by atoms with Crippen LogP contribution in [0.1, 0.15) is 51.3 Å². The lowest BCUT2D eigenvalue weighted by Crippen LogP contribution is -2.39. The molecule has 3 N–H and O–H groups in total. The maximum atomic E-state index is 12.4. The van der Waals surface area contributed by atoms with Crippen LogP contribution in [-0.2, 0) is 14.8 Å². The molecule has 0 saturated heterocycles. The van der Waals surface area contributed by atoms with E-state index in [2.05, 4.69) is 35.9 Å². The van der Waals surface area contributed by atoms with Crippen molar-refractivity contribution in [2.24, 2.45) is 5.73 Å². The fourth-order valence-electron chi connectivity index (χ4n) is 2.75. The van der Waals surface area contributed by atoms with E-state index in [4.69, 9.17) is 5.73 Å². The lowest BCUT2D eigenvalue weighted by Gasteiger charge is -2.25. The second-order valence-electron chi connectivity index (χ2n) is 6.73. The lowest BCUT2D eigenvalue weighted by molar-refractivity contribution is 0.542. The standard InChI is InChI=1S/C20H28N2O2S.ClH/c1-5-19(21)17-9-7-15(8-10-17)16-11-13-18(14-12-16)20(3,4)25(23,24)22-6-2;/h7-14,19,22H,5-6,21H2,1-4H3;1H. The predicted molar refractivity (Wildman–Crippen MR) is 112 cm³/mol. The number of hydrogen-bond donors (Lipinski definition) is 2. The summed E-state index contributed by atoms with van der Waals surface area (Å²) in [4.78, 5) is 0. The summed E-state index contributed by atoms with van der Waals surface area (Å²) in [5.41, 5.74) is 10.1. The molecule has 2 aromatic carbocycles. The number of halogens is 1. The third-order valence-electron chi connectivity index (χ3n) is 4.70. The minimum atomic E-state index is -3.42. The molecule has 0 spiro atoms. The number of nitrogens with two attached hydrogens (primary N) is 1. The number of hydrogen-bond acceptors (Lipinski definition) is 3. The first kappa shape index (κ1) is 22.6. The molecule has 1 unspecified atom stereocenters. The summed E-state index contributed by atoms with van der Waals surface area (Å²) >= 11 is 0. The number of benzene rings is 2. The van der Waals surface area contributed by atoms with Crippen LogP contribution in [0, 0.1) is 0 Å². The van der Waals surface area contributed by atoms with Crippen LogP contribution in [0.5, 0.6) is 0 Å². The van der Waals surface area contributed by atoms with Gasteiger partial charge in [-0.05, 0) is 42.5 Å². The van der Waals surface area contributed by atoms with Gasteiger partial charge < -0.3 is 5.73 Å². The number of sulfonamides is 1. The van der Waals surface area contributed by atoms with Crippen LogP contribution in [0.4, 0.5) is 0 Å². The van der Waals surface area contributed by atoms with Crippen LogP contribution in [0.2, 0.25) is 0 Å². The molecule has 0 aliphatic rings. The van der Waals surface area contributed by atoms with Gasteiger partial charge in [-0.25, -0.2) is 13.1 Å². The first-order chi connectivity index (χ1) is 11.7. The van der Waals surface area contributed by atoms with Crippen LogP contribution in [0.3, 0.4) is 0 Å². The zero-order chi connectivity index (χ0) is 18.7. The Hall–Kier alpha value is -1.40. The van der Waals surface area contributed by atoms with Crippen molar-refractivity contribution in [1.82, 2.24) is 4.72 Å². The van der Waals surface area contributed by atoms with Crippen molar-refractivity contribution in [2.45, 2.75) is 44.9 Å². The van der Waals surface area contributed by atoms with E-state index in [9.17, 15) is 8.42 Å². The van der Waals surface area contributed by atoms with E-state index >= 15 is 0 Å². The maximum absolute atomic E-state index is 12.4. The van der Waals surface area contributed by atoms with Crippen molar-refractivity contribution in [2.75, 3.05) is 6.54 Å². The highest BCUT2D eigenvalue weighted by Crippen LogP contribution is 2.31.